The van der Waals surface area contributed by atoms with Gasteiger partial charge in [-0.2, -0.15) is 5.26 Å². The highest BCUT2D eigenvalue weighted by Gasteiger charge is 2.25. The summed E-state index contributed by atoms with van der Waals surface area (Å²) in [6.45, 7) is 8.55. The maximum absolute atomic E-state index is 12.1. The number of hydrogen-bond acceptors (Lipinski definition) is 4. The summed E-state index contributed by atoms with van der Waals surface area (Å²) in [4.78, 5) is 15.8. The standard InChI is InChI=1S/C74H52N6/c1-46-15-11-23-52(35-46)56-27-31-66-61(39-56)62-40-57(53-24-12-16-47(2)36-53)28-32-67(62)79(66)70-43-60(74-77-72(50-19-7-5-8-20-50)76-73(78-74)51-21-9-6-10-22-51)44-71(65(70)45-75)80-68-33-29-58(54-25-13-17-48(3)37-54)41-63(68)64-42-59(30-34-69(64)80)55-26-14-18-49(4)38-55/h5-44H,1-4H3. The Morgan fingerprint density at radius 1 is 0.275 bits per heavy atom. The quantitative estimate of drug-likeness (QED) is 0.144. The Balaban J connectivity index is 1.11. The van der Waals surface area contributed by atoms with Crippen molar-refractivity contribution in [3.8, 4) is 96.1 Å². The summed E-state index contributed by atoms with van der Waals surface area (Å²) in [5, 5.41) is 16.4. The lowest BCUT2D eigenvalue weighted by atomic mass is 9.99. The smallest absolute Gasteiger partial charge is 0.164 e. The molecule has 6 heteroatoms. The van der Waals surface area contributed by atoms with Gasteiger partial charge in [0, 0.05) is 38.2 Å². The minimum atomic E-state index is 0.484. The van der Waals surface area contributed by atoms with Crippen LogP contribution < -0.4 is 0 Å². The molecule has 0 N–H and O–H groups in total. The molecule has 378 valence electrons. The molecule has 0 aliphatic rings. The maximum atomic E-state index is 12.1. The third-order valence-electron chi connectivity index (χ3n) is 15.6. The Morgan fingerprint density at radius 3 is 0.838 bits per heavy atom. The van der Waals surface area contributed by atoms with E-state index in [2.05, 4.69) is 225 Å². The molecule has 0 aliphatic carbocycles. The molecule has 3 heterocycles. The summed E-state index contributed by atoms with van der Waals surface area (Å²) in [5.41, 5.74) is 22.1. The highest BCUT2D eigenvalue weighted by atomic mass is 15.1. The van der Waals surface area contributed by atoms with Crippen molar-refractivity contribution >= 4 is 43.6 Å². The number of aryl methyl sites for hydroxylation is 4. The van der Waals surface area contributed by atoms with Crippen LogP contribution in [-0.2, 0) is 0 Å². The zero-order valence-corrected chi connectivity index (χ0v) is 44.8. The van der Waals surface area contributed by atoms with E-state index in [1.807, 2.05) is 60.7 Å². The van der Waals surface area contributed by atoms with Crippen LogP contribution in [-0.4, -0.2) is 24.1 Å². The zero-order chi connectivity index (χ0) is 54.0. The van der Waals surface area contributed by atoms with Crippen molar-refractivity contribution < 1.29 is 0 Å². The van der Waals surface area contributed by atoms with Gasteiger partial charge in [0.05, 0.1) is 33.4 Å². The third kappa shape index (κ3) is 8.50. The fraction of sp³-hybridized carbons (Fsp3) is 0.0541. The van der Waals surface area contributed by atoms with E-state index in [9.17, 15) is 5.26 Å². The lowest BCUT2D eigenvalue weighted by Gasteiger charge is -2.18. The molecule has 0 saturated heterocycles. The monoisotopic (exact) mass is 1020 g/mol. The molecule has 14 aromatic rings. The molecule has 3 aromatic heterocycles. The molecule has 0 spiro atoms. The Bertz CT molecular complexity index is 4330. The third-order valence-corrected chi connectivity index (χ3v) is 15.6. The second kappa shape index (κ2) is 19.5. The Morgan fingerprint density at radius 2 is 0.550 bits per heavy atom. The molecular weight excluding hydrogens is 973 g/mol. The molecule has 11 aromatic carbocycles. The molecule has 0 saturated carbocycles. The Labute approximate surface area is 464 Å². The predicted molar refractivity (Wildman–Crippen MR) is 330 cm³/mol. The number of aromatic nitrogens is 5. The van der Waals surface area contributed by atoms with Gasteiger partial charge in [-0.1, -0.05) is 204 Å². The van der Waals surface area contributed by atoms with Gasteiger partial charge in [-0.3, -0.25) is 0 Å². The Kier molecular flexibility index (Phi) is 11.7. The van der Waals surface area contributed by atoms with E-state index in [1.165, 1.54) is 22.3 Å². The summed E-state index contributed by atoms with van der Waals surface area (Å²) in [7, 11) is 0. The van der Waals surface area contributed by atoms with Gasteiger partial charge in [-0.25, -0.2) is 15.0 Å². The van der Waals surface area contributed by atoms with Crippen molar-refractivity contribution in [2.45, 2.75) is 27.7 Å². The van der Waals surface area contributed by atoms with Crippen LogP contribution in [0.15, 0.2) is 243 Å². The highest BCUT2D eigenvalue weighted by Crippen LogP contribution is 2.44. The zero-order valence-electron chi connectivity index (χ0n) is 44.8. The first-order valence-electron chi connectivity index (χ1n) is 27.1. The number of nitrogens with zero attached hydrogens (tertiary/aromatic N) is 6. The number of benzene rings is 11. The van der Waals surface area contributed by atoms with Crippen LogP contribution >= 0.6 is 0 Å². The molecule has 0 unspecified atom stereocenters. The van der Waals surface area contributed by atoms with Crippen LogP contribution in [0.3, 0.4) is 0 Å². The van der Waals surface area contributed by atoms with Crippen LogP contribution in [0.5, 0.6) is 0 Å². The van der Waals surface area contributed by atoms with Crippen LogP contribution in [0.25, 0.3) is 134 Å². The molecule has 0 bridgehead atoms. The average Bonchev–Trinajstić information content (AvgIpc) is 4.02. The Hall–Kier alpha value is -10.5. The molecule has 80 heavy (non-hydrogen) atoms. The van der Waals surface area contributed by atoms with Crippen molar-refractivity contribution in [2.75, 3.05) is 0 Å². The highest BCUT2D eigenvalue weighted by molar-refractivity contribution is 6.14. The van der Waals surface area contributed by atoms with Crippen molar-refractivity contribution in [1.29, 1.82) is 5.26 Å². The van der Waals surface area contributed by atoms with Gasteiger partial charge < -0.3 is 9.13 Å². The first kappa shape index (κ1) is 47.9. The van der Waals surface area contributed by atoms with E-state index in [0.717, 1.165) is 105 Å². The topological polar surface area (TPSA) is 72.3 Å². The van der Waals surface area contributed by atoms with Gasteiger partial charge in [0.15, 0.2) is 17.5 Å². The maximum Gasteiger partial charge on any atom is 0.164 e. The van der Waals surface area contributed by atoms with Gasteiger partial charge in [0.1, 0.15) is 11.6 Å². The van der Waals surface area contributed by atoms with E-state index in [0.29, 0.717) is 34.4 Å². The molecule has 0 radical (unpaired) electrons. The molecule has 0 amide bonds. The molecule has 0 aliphatic heterocycles. The first-order chi connectivity index (χ1) is 39.2. The largest absolute Gasteiger partial charge is 0.308 e. The molecule has 0 atom stereocenters. The van der Waals surface area contributed by atoms with E-state index in [-0.39, 0.29) is 0 Å². The second-order valence-corrected chi connectivity index (χ2v) is 21.1. The lowest BCUT2D eigenvalue weighted by molar-refractivity contribution is 1.06. The van der Waals surface area contributed by atoms with E-state index >= 15 is 0 Å². The molecule has 0 fully saturated rings. The number of hydrogen-bond donors (Lipinski definition) is 0. The van der Waals surface area contributed by atoms with Gasteiger partial charge in [-0.15, -0.1) is 0 Å². The first-order valence-corrected chi connectivity index (χ1v) is 27.1. The van der Waals surface area contributed by atoms with E-state index < -0.39 is 0 Å². The van der Waals surface area contributed by atoms with Crippen molar-refractivity contribution in [2.24, 2.45) is 0 Å². The average molecular weight is 1030 g/mol. The number of rotatable bonds is 9. The minimum Gasteiger partial charge on any atom is -0.308 e. The van der Waals surface area contributed by atoms with E-state index in [4.69, 9.17) is 15.0 Å². The normalized spacial score (nSPS) is 11.5. The summed E-state index contributed by atoms with van der Waals surface area (Å²) in [6, 6.07) is 88.9. The second-order valence-electron chi connectivity index (χ2n) is 21.1. The van der Waals surface area contributed by atoms with Gasteiger partial charge in [0.25, 0.3) is 0 Å². The van der Waals surface area contributed by atoms with Crippen LogP contribution in [0, 0.1) is 39.0 Å². The van der Waals surface area contributed by atoms with Gasteiger partial charge in [-0.05, 0) is 133 Å². The summed E-state index contributed by atoms with van der Waals surface area (Å²) in [5.74, 6) is 1.59. The lowest BCUT2D eigenvalue weighted by Crippen LogP contribution is -2.07. The van der Waals surface area contributed by atoms with Crippen LogP contribution in [0.1, 0.15) is 27.8 Å². The van der Waals surface area contributed by atoms with Crippen molar-refractivity contribution in [3.05, 3.63) is 270 Å². The van der Waals surface area contributed by atoms with Gasteiger partial charge >= 0.3 is 0 Å². The number of fused-ring (bicyclic) bond motifs is 6. The van der Waals surface area contributed by atoms with Crippen molar-refractivity contribution in [1.82, 2.24) is 24.1 Å². The summed E-state index contributed by atoms with van der Waals surface area (Å²) in [6.07, 6.45) is 0. The fourth-order valence-electron chi connectivity index (χ4n) is 11.7. The molecular formula is C74H52N6. The predicted octanol–water partition coefficient (Wildman–Crippen LogP) is 18.8. The summed E-state index contributed by atoms with van der Waals surface area (Å²) >= 11 is 0. The number of nitriles is 1. The van der Waals surface area contributed by atoms with Crippen LogP contribution in [0.4, 0.5) is 0 Å². The van der Waals surface area contributed by atoms with Crippen molar-refractivity contribution in [3.63, 3.8) is 0 Å². The van der Waals surface area contributed by atoms with E-state index in [1.54, 1.807) is 0 Å². The fourth-order valence-corrected chi connectivity index (χ4v) is 11.7. The SMILES string of the molecule is Cc1cccc(-c2ccc3c(c2)c2cc(-c4cccc(C)c4)ccc2n3-c2cc(-c3nc(-c4ccccc4)nc(-c4ccccc4)n3)cc(-n3c4ccc(-c5cccc(C)c5)cc4c4cc(-c5cccc(C)c5)ccc43)c2C#N)c1. The minimum absolute atomic E-state index is 0.484. The molecule has 6 nitrogen and oxygen atoms in total. The summed E-state index contributed by atoms with van der Waals surface area (Å²) < 4.78 is 4.57. The van der Waals surface area contributed by atoms with Crippen LogP contribution in [0.2, 0.25) is 0 Å². The molecule has 14 rings (SSSR count). The van der Waals surface area contributed by atoms with Gasteiger partial charge in [0.2, 0.25) is 0 Å².